The summed E-state index contributed by atoms with van der Waals surface area (Å²) in [7, 11) is 0. The predicted octanol–water partition coefficient (Wildman–Crippen LogP) is -2.24. The number of aliphatic carboxylic acids is 1. The third-order valence-corrected chi connectivity index (χ3v) is 5.58. The fraction of sp³-hybridized carbons (Fsp3) is 0.812. The van der Waals surface area contributed by atoms with Crippen molar-refractivity contribution in [1.29, 1.82) is 0 Å². The molecule has 3 rings (SSSR count). The van der Waals surface area contributed by atoms with Crippen LogP contribution in [0.15, 0.2) is 11.8 Å². The minimum absolute atomic E-state index is 0.0343. The van der Waals surface area contributed by atoms with Gasteiger partial charge in [-0.2, -0.15) is 0 Å². The number of fused-ring (bicyclic) bond motifs is 1. The first kappa shape index (κ1) is 19.5. The maximum atomic E-state index is 11.4. The van der Waals surface area contributed by atoms with Crippen LogP contribution in [0.1, 0.15) is 13.3 Å². The minimum atomic E-state index is -1.60. The molecule has 10 heteroatoms. The standard InChI is InChI=1S/C16H24O10/c1-5-8(18)2-6-7(14(22)23)4-24-15(10(5)6)26-16-13(21)12(20)11(19)9(3-17)25-16/h4-6,8-13,15-21H,2-3H2,1H3,(H,22,23)/t5-,6+,8-,9-,10+,11-,12+,13-,15-,16+/m1/s1. The van der Waals surface area contributed by atoms with Gasteiger partial charge in [-0.05, 0) is 12.3 Å². The normalized spacial score (nSPS) is 48.5. The second-order valence-electron chi connectivity index (χ2n) is 7.06. The Bertz CT molecular complexity index is 563. The zero-order valence-corrected chi connectivity index (χ0v) is 14.1. The van der Waals surface area contributed by atoms with Gasteiger partial charge in [0.15, 0.2) is 6.29 Å². The summed E-state index contributed by atoms with van der Waals surface area (Å²) in [6, 6.07) is 0. The van der Waals surface area contributed by atoms with Gasteiger partial charge in [0.25, 0.3) is 0 Å². The average Bonchev–Trinajstić information content (AvgIpc) is 2.90. The van der Waals surface area contributed by atoms with Gasteiger partial charge in [0, 0.05) is 11.8 Å². The van der Waals surface area contributed by atoms with Crippen LogP contribution in [-0.2, 0) is 19.0 Å². The lowest BCUT2D eigenvalue weighted by molar-refractivity contribution is -0.342. The maximum absolute atomic E-state index is 11.4. The molecular formula is C16H24O10. The molecule has 0 bridgehead atoms. The summed E-state index contributed by atoms with van der Waals surface area (Å²) in [5.41, 5.74) is 0.0343. The molecule has 1 aliphatic carbocycles. The molecule has 3 aliphatic rings. The lowest BCUT2D eigenvalue weighted by Gasteiger charge is -2.43. The number of hydrogen-bond donors (Lipinski definition) is 6. The Kier molecular flexibility index (Phi) is 5.54. The number of ether oxygens (including phenoxy) is 3. The number of rotatable bonds is 4. The van der Waals surface area contributed by atoms with Crippen LogP contribution >= 0.6 is 0 Å². The fourth-order valence-corrected chi connectivity index (χ4v) is 3.99. The van der Waals surface area contributed by atoms with Crippen molar-refractivity contribution in [3.8, 4) is 0 Å². The molecule has 1 saturated heterocycles. The maximum Gasteiger partial charge on any atom is 0.334 e. The Morgan fingerprint density at radius 2 is 1.88 bits per heavy atom. The highest BCUT2D eigenvalue weighted by Gasteiger charge is 2.53. The van der Waals surface area contributed by atoms with Gasteiger partial charge in [0.1, 0.15) is 24.4 Å². The third-order valence-electron chi connectivity index (χ3n) is 5.58. The van der Waals surface area contributed by atoms with Gasteiger partial charge in [-0.15, -0.1) is 0 Å². The molecule has 0 unspecified atom stereocenters. The van der Waals surface area contributed by atoms with Crippen molar-refractivity contribution in [3.63, 3.8) is 0 Å². The summed E-state index contributed by atoms with van der Waals surface area (Å²) in [4.78, 5) is 11.4. The van der Waals surface area contributed by atoms with Crippen LogP contribution in [0.2, 0.25) is 0 Å². The molecule has 0 aromatic rings. The number of hydrogen-bond acceptors (Lipinski definition) is 9. The van der Waals surface area contributed by atoms with Crippen molar-refractivity contribution in [3.05, 3.63) is 11.8 Å². The lowest BCUT2D eigenvalue weighted by Crippen LogP contribution is -2.60. The van der Waals surface area contributed by atoms with E-state index in [-0.39, 0.29) is 17.9 Å². The highest BCUT2D eigenvalue weighted by molar-refractivity contribution is 5.87. The number of aliphatic hydroxyl groups is 5. The van der Waals surface area contributed by atoms with Crippen molar-refractivity contribution in [1.82, 2.24) is 0 Å². The number of carbonyl (C=O) groups is 1. The first-order chi connectivity index (χ1) is 12.3. The van der Waals surface area contributed by atoms with Gasteiger partial charge in [-0.25, -0.2) is 4.79 Å². The van der Waals surface area contributed by atoms with E-state index < -0.39 is 67.5 Å². The second-order valence-corrected chi connectivity index (χ2v) is 7.06. The molecule has 0 radical (unpaired) electrons. The van der Waals surface area contributed by atoms with Crippen LogP contribution in [0.3, 0.4) is 0 Å². The summed E-state index contributed by atoms with van der Waals surface area (Å²) >= 11 is 0. The summed E-state index contributed by atoms with van der Waals surface area (Å²) in [5.74, 6) is -2.49. The Hall–Kier alpha value is -1.27. The van der Waals surface area contributed by atoms with Gasteiger partial charge in [0.2, 0.25) is 6.29 Å². The highest BCUT2D eigenvalue weighted by atomic mass is 16.8. The zero-order chi connectivity index (χ0) is 19.2. The van der Waals surface area contributed by atoms with Gasteiger partial charge in [-0.3, -0.25) is 0 Å². The van der Waals surface area contributed by atoms with Crippen LogP contribution in [0.5, 0.6) is 0 Å². The number of carboxylic acid groups (broad SMARTS) is 1. The van der Waals surface area contributed by atoms with E-state index in [1.807, 2.05) is 0 Å². The van der Waals surface area contributed by atoms with Gasteiger partial charge < -0.3 is 44.8 Å². The van der Waals surface area contributed by atoms with Crippen LogP contribution in [-0.4, -0.2) is 86.3 Å². The Morgan fingerprint density at radius 1 is 1.19 bits per heavy atom. The van der Waals surface area contributed by atoms with E-state index in [1.165, 1.54) is 0 Å². The molecule has 2 heterocycles. The van der Waals surface area contributed by atoms with E-state index in [1.54, 1.807) is 6.92 Å². The molecule has 0 spiro atoms. The van der Waals surface area contributed by atoms with E-state index in [0.29, 0.717) is 0 Å². The van der Waals surface area contributed by atoms with Crippen LogP contribution in [0, 0.1) is 17.8 Å². The molecule has 26 heavy (non-hydrogen) atoms. The first-order valence-electron chi connectivity index (χ1n) is 8.49. The minimum Gasteiger partial charge on any atom is -0.478 e. The quantitative estimate of drug-likeness (QED) is 0.316. The van der Waals surface area contributed by atoms with Crippen LogP contribution in [0.4, 0.5) is 0 Å². The molecule has 6 N–H and O–H groups in total. The molecule has 0 aromatic heterocycles. The molecule has 10 atom stereocenters. The van der Waals surface area contributed by atoms with Crippen molar-refractivity contribution in [2.75, 3.05) is 6.61 Å². The zero-order valence-electron chi connectivity index (χ0n) is 14.1. The predicted molar refractivity (Wildman–Crippen MR) is 82.2 cm³/mol. The van der Waals surface area contributed by atoms with E-state index >= 15 is 0 Å². The van der Waals surface area contributed by atoms with E-state index in [0.717, 1.165) is 6.26 Å². The van der Waals surface area contributed by atoms with Gasteiger partial charge in [0.05, 0.1) is 24.5 Å². The van der Waals surface area contributed by atoms with Crippen molar-refractivity contribution < 1.29 is 49.6 Å². The van der Waals surface area contributed by atoms with Crippen molar-refractivity contribution in [2.45, 2.75) is 56.4 Å². The molecule has 1 saturated carbocycles. The average molecular weight is 376 g/mol. The lowest BCUT2D eigenvalue weighted by atomic mass is 9.83. The van der Waals surface area contributed by atoms with Crippen molar-refractivity contribution in [2.24, 2.45) is 17.8 Å². The van der Waals surface area contributed by atoms with Crippen molar-refractivity contribution >= 4 is 5.97 Å². The number of aliphatic hydroxyl groups excluding tert-OH is 5. The monoisotopic (exact) mass is 376 g/mol. The third kappa shape index (κ3) is 3.22. The second kappa shape index (κ2) is 7.39. The molecule has 10 nitrogen and oxygen atoms in total. The van der Waals surface area contributed by atoms with Gasteiger partial charge in [-0.1, -0.05) is 6.92 Å². The molecule has 2 fully saturated rings. The molecule has 148 valence electrons. The van der Waals surface area contributed by atoms with E-state index in [2.05, 4.69) is 0 Å². The summed E-state index contributed by atoms with van der Waals surface area (Å²) in [5, 5.41) is 58.5. The SMILES string of the molecule is C[C@H]1[C@@H]2[C@@H](O[C@@H]3O[C@H](CO)[C@@H](O)[C@H](O)[C@H]3O)OC=C(C(=O)O)[C@@H]2C[C@H]1O. The Labute approximate surface area is 149 Å². The van der Waals surface area contributed by atoms with E-state index in [4.69, 9.17) is 14.2 Å². The highest BCUT2D eigenvalue weighted by Crippen LogP contribution is 2.47. The molecule has 0 aromatic carbocycles. The smallest absolute Gasteiger partial charge is 0.334 e. The van der Waals surface area contributed by atoms with Crippen LogP contribution < -0.4 is 0 Å². The van der Waals surface area contributed by atoms with Gasteiger partial charge >= 0.3 is 5.97 Å². The summed E-state index contributed by atoms with van der Waals surface area (Å²) < 4.78 is 16.3. The molecular weight excluding hydrogens is 352 g/mol. The summed E-state index contributed by atoms with van der Waals surface area (Å²) in [6.45, 7) is 1.15. The molecule has 0 amide bonds. The first-order valence-corrected chi connectivity index (χ1v) is 8.49. The topological polar surface area (TPSA) is 166 Å². The summed E-state index contributed by atoms with van der Waals surface area (Å²) in [6.07, 6.45) is -7.71. The fourth-order valence-electron chi connectivity index (χ4n) is 3.99. The van der Waals surface area contributed by atoms with Crippen LogP contribution in [0.25, 0.3) is 0 Å². The Balaban J connectivity index is 1.79. The number of carboxylic acids is 1. The molecule has 2 aliphatic heterocycles. The Morgan fingerprint density at radius 3 is 2.50 bits per heavy atom. The largest absolute Gasteiger partial charge is 0.478 e. The van der Waals surface area contributed by atoms with E-state index in [9.17, 15) is 35.4 Å².